The maximum Gasteiger partial charge on any atom is 0.315 e. The number of carbonyl (C=O) groups excluding carboxylic acids is 1. The summed E-state index contributed by atoms with van der Waals surface area (Å²) in [5.41, 5.74) is -0.692. The normalized spacial score (nSPS) is 14.7. The van der Waals surface area contributed by atoms with Crippen molar-refractivity contribution in [1.29, 1.82) is 0 Å². The highest BCUT2D eigenvalue weighted by molar-refractivity contribution is 5.75. The van der Waals surface area contributed by atoms with Crippen molar-refractivity contribution in [2.45, 2.75) is 45.2 Å². The smallest absolute Gasteiger partial charge is 0.315 e. The van der Waals surface area contributed by atoms with E-state index in [1.54, 1.807) is 13.8 Å². The van der Waals surface area contributed by atoms with Crippen LogP contribution < -0.4 is 15.4 Å². The van der Waals surface area contributed by atoms with Crippen LogP contribution in [-0.4, -0.2) is 35.9 Å². The molecular formula is C16H24F2N2O3. The molecule has 5 nitrogen and oxygen atoms in total. The summed E-state index contributed by atoms with van der Waals surface area (Å²) in [7, 11) is 0. The van der Waals surface area contributed by atoms with Gasteiger partial charge in [0.25, 0.3) is 0 Å². The van der Waals surface area contributed by atoms with E-state index in [2.05, 4.69) is 10.6 Å². The number of carbonyl (C=O) groups is 1. The largest absolute Gasteiger partial charge is 0.488 e. The van der Waals surface area contributed by atoms with Crippen LogP contribution in [0.5, 0.6) is 5.75 Å². The van der Waals surface area contributed by atoms with E-state index >= 15 is 0 Å². The van der Waals surface area contributed by atoms with Crippen molar-refractivity contribution in [3.8, 4) is 5.75 Å². The molecule has 1 aromatic rings. The fourth-order valence-electron chi connectivity index (χ4n) is 2.12. The Kier molecular flexibility index (Phi) is 7.22. The van der Waals surface area contributed by atoms with Gasteiger partial charge in [0.05, 0.1) is 18.2 Å². The van der Waals surface area contributed by atoms with Gasteiger partial charge in [0.15, 0.2) is 11.6 Å². The van der Waals surface area contributed by atoms with E-state index in [4.69, 9.17) is 4.74 Å². The first-order valence-electron chi connectivity index (χ1n) is 7.57. The molecule has 130 valence electrons. The van der Waals surface area contributed by atoms with E-state index in [-0.39, 0.29) is 19.0 Å². The number of hydrogen-bond acceptors (Lipinski definition) is 3. The van der Waals surface area contributed by atoms with Crippen molar-refractivity contribution in [3.63, 3.8) is 0 Å². The summed E-state index contributed by atoms with van der Waals surface area (Å²) in [4.78, 5) is 11.9. The van der Waals surface area contributed by atoms with Crippen LogP contribution in [0.2, 0.25) is 0 Å². The summed E-state index contributed by atoms with van der Waals surface area (Å²) in [6, 6.07) is 2.19. The Morgan fingerprint density at radius 3 is 2.70 bits per heavy atom. The minimum absolute atomic E-state index is 0.0274. The highest BCUT2D eigenvalue weighted by atomic mass is 19.1. The van der Waals surface area contributed by atoms with Crippen molar-refractivity contribution < 1.29 is 23.4 Å². The fraction of sp³-hybridized carbons (Fsp3) is 0.562. The first kappa shape index (κ1) is 19.2. The van der Waals surface area contributed by atoms with E-state index in [1.807, 2.05) is 6.92 Å². The van der Waals surface area contributed by atoms with Gasteiger partial charge in [-0.25, -0.2) is 13.6 Å². The Hall–Kier alpha value is -1.89. The second kappa shape index (κ2) is 8.67. The molecule has 23 heavy (non-hydrogen) atoms. The third-order valence-corrected chi connectivity index (χ3v) is 3.33. The first-order valence-corrected chi connectivity index (χ1v) is 7.57. The molecule has 0 fully saturated rings. The zero-order chi connectivity index (χ0) is 17.5. The SMILES string of the molecule is CCCC(C)(CO)NC(=O)NC(C)COc1ccc(F)cc1F. The molecule has 0 aliphatic carbocycles. The van der Waals surface area contributed by atoms with E-state index < -0.39 is 29.2 Å². The zero-order valence-corrected chi connectivity index (χ0v) is 13.7. The number of hydrogen-bond donors (Lipinski definition) is 3. The maximum absolute atomic E-state index is 13.4. The molecule has 0 heterocycles. The van der Waals surface area contributed by atoms with Gasteiger partial charge in [0.2, 0.25) is 0 Å². The summed E-state index contributed by atoms with van der Waals surface area (Å²) in [6.07, 6.45) is 1.46. The van der Waals surface area contributed by atoms with Crippen molar-refractivity contribution >= 4 is 6.03 Å². The van der Waals surface area contributed by atoms with Crippen LogP contribution in [0.1, 0.15) is 33.6 Å². The van der Waals surface area contributed by atoms with E-state index in [0.29, 0.717) is 6.42 Å². The third kappa shape index (κ3) is 6.40. The Balaban J connectivity index is 2.46. The molecule has 0 aromatic heterocycles. The Morgan fingerprint density at radius 1 is 1.43 bits per heavy atom. The molecule has 7 heteroatoms. The first-order chi connectivity index (χ1) is 10.8. The lowest BCUT2D eigenvalue weighted by atomic mass is 9.98. The lowest BCUT2D eigenvalue weighted by molar-refractivity contribution is 0.160. The highest BCUT2D eigenvalue weighted by Crippen LogP contribution is 2.17. The Bertz CT molecular complexity index is 528. The molecule has 2 unspecified atom stereocenters. The molecule has 1 aromatic carbocycles. The Morgan fingerprint density at radius 2 is 2.13 bits per heavy atom. The molecule has 0 aliphatic heterocycles. The summed E-state index contributed by atoms with van der Waals surface area (Å²) in [6.45, 7) is 5.27. The van der Waals surface area contributed by atoms with Crippen molar-refractivity contribution in [3.05, 3.63) is 29.8 Å². The van der Waals surface area contributed by atoms with Crippen molar-refractivity contribution in [2.24, 2.45) is 0 Å². The Labute approximate surface area is 135 Å². The van der Waals surface area contributed by atoms with Gasteiger partial charge in [-0.05, 0) is 32.4 Å². The third-order valence-electron chi connectivity index (χ3n) is 3.33. The van der Waals surface area contributed by atoms with Crippen LogP contribution in [0.25, 0.3) is 0 Å². The number of aliphatic hydroxyl groups excluding tert-OH is 1. The van der Waals surface area contributed by atoms with Crippen LogP contribution in [0.15, 0.2) is 18.2 Å². The van der Waals surface area contributed by atoms with E-state index in [0.717, 1.165) is 18.6 Å². The van der Waals surface area contributed by atoms with Crippen LogP contribution >= 0.6 is 0 Å². The molecule has 0 saturated heterocycles. The topological polar surface area (TPSA) is 70.6 Å². The molecule has 0 radical (unpaired) electrons. The summed E-state index contributed by atoms with van der Waals surface area (Å²) >= 11 is 0. The molecule has 3 N–H and O–H groups in total. The van der Waals surface area contributed by atoms with Crippen LogP contribution in [0.3, 0.4) is 0 Å². The molecule has 0 saturated carbocycles. The average molecular weight is 330 g/mol. The molecule has 0 bridgehead atoms. The fourth-order valence-corrected chi connectivity index (χ4v) is 2.12. The van der Waals surface area contributed by atoms with Gasteiger partial charge >= 0.3 is 6.03 Å². The van der Waals surface area contributed by atoms with Gasteiger partial charge in [0, 0.05) is 6.07 Å². The van der Waals surface area contributed by atoms with Gasteiger partial charge in [-0.1, -0.05) is 13.3 Å². The minimum atomic E-state index is -0.794. The van der Waals surface area contributed by atoms with Crippen LogP contribution in [0.4, 0.5) is 13.6 Å². The van der Waals surface area contributed by atoms with Crippen LogP contribution in [-0.2, 0) is 0 Å². The molecule has 0 aliphatic rings. The quantitative estimate of drug-likeness (QED) is 0.686. The number of nitrogens with one attached hydrogen (secondary N) is 2. The maximum atomic E-state index is 13.4. The monoisotopic (exact) mass is 330 g/mol. The summed E-state index contributed by atoms with van der Waals surface area (Å²) < 4.78 is 31.4. The lowest BCUT2D eigenvalue weighted by Gasteiger charge is -2.29. The van der Waals surface area contributed by atoms with Crippen LogP contribution in [0, 0.1) is 11.6 Å². The number of ether oxygens (including phenoxy) is 1. The van der Waals surface area contributed by atoms with Crippen molar-refractivity contribution in [1.82, 2.24) is 10.6 Å². The highest BCUT2D eigenvalue weighted by Gasteiger charge is 2.25. The number of halogens is 2. The predicted molar refractivity (Wildman–Crippen MR) is 83.4 cm³/mol. The van der Waals surface area contributed by atoms with Gasteiger partial charge in [-0.3, -0.25) is 0 Å². The van der Waals surface area contributed by atoms with E-state index in [9.17, 15) is 18.7 Å². The molecule has 2 atom stereocenters. The average Bonchev–Trinajstić information content (AvgIpc) is 2.46. The number of aliphatic hydroxyl groups is 1. The predicted octanol–water partition coefficient (Wildman–Crippen LogP) is 2.58. The summed E-state index contributed by atoms with van der Waals surface area (Å²) in [5, 5.41) is 14.7. The van der Waals surface area contributed by atoms with Gasteiger partial charge in [-0.2, -0.15) is 0 Å². The van der Waals surface area contributed by atoms with Gasteiger partial charge in [-0.15, -0.1) is 0 Å². The molecular weight excluding hydrogens is 306 g/mol. The molecule has 2 amide bonds. The number of urea groups is 1. The number of rotatable bonds is 8. The molecule has 1 rings (SSSR count). The number of benzene rings is 1. The van der Waals surface area contributed by atoms with Gasteiger partial charge in [0.1, 0.15) is 12.4 Å². The molecule has 0 spiro atoms. The van der Waals surface area contributed by atoms with Crippen molar-refractivity contribution in [2.75, 3.05) is 13.2 Å². The lowest BCUT2D eigenvalue weighted by Crippen LogP contribution is -2.54. The second-order valence-corrected chi connectivity index (χ2v) is 5.85. The van der Waals surface area contributed by atoms with Gasteiger partial charge < -0.3 is 20.5 Å². The minimum Gasteiger partial charge on any atom is -0.488 e. The van der Waals surface area contributed by atoms with E-state index in [1.165, 1.54) is 6.07 Å². The zero-order valence-electron chi connectivity index (χ0n) is 13.7. The second-order valence-electron chi connectivity index (χ2n) is 5.85. The summed E-state index contributed by atoms with van der Waals surface area (Å²) in [5.74, 6) is -1.55. The number of amides is 2. The standard InChI is InChI=1S/C16H24F2N2O3/c1-4-7-16(3,10-21)20-15(22)19-11(2)9-23-14-6-5-12(17)8-13(14)18/h5-6,8,11,21H,4,7,9-10H2,1-3H3,(H2,19,20,22).